The zero-order chi connectivity index (χ0) is 12.6. The topological polar surface area (TPSA) is 43.1 Å². The fraction of sp³-hybridized carbons (Fsp3) is 0.154. The molecule has 88 valence electrons. The number of rotatable bonds is 2. The van der Waals surface area contributed by atoms with Gasteiger partial charge in [0.05, 0.1) is 4.88 Å². The monoisotopic (exact) mass is 265 g/mol. The molecule has 0 aliphatic carbocycles. The summed E-state index contributed by atoms with van der Waals surface area (Å²) in [5, 5.41) is 0.540. The number of benzene rings is 1. The molecule has 1 heterocycles. The lowest BCUT2D eigenvalue weighted by atomic mass is 10.1. The van der Waals surface area contributed by atoms with Crippen LogP contribution in [0.25, 0.3) is 0 Å². The van der Waals surface area contributed by atoms with Crippen molar-refractivity contribution >= 4 is 34.4 Å². The first kappa shape index (κ1) is 12.1. The summed E-state index contributed by atoms with van der Waals surface area (Å²) in [6.45, 7) is 3.92. The smallest absolute Gasteiger partial charge is 0.205 e. The minimum Gasteiger partial charge on any atom is -0.398 e. The van der Waals surface area contributed by atoms with Crippen LogP contribution in [-0.2, 0) is 0 Å². The molecular formula is C13H12ClNOS. The van der Waals surface area contributed by atoms with Gasteiger partial charge in [-0.15, -0.1) is 11.3 Å². The van der Waals surface area contributed by atoms with Gasteiger partial charge in [-0.25, -0.2) is 0 Å². The van der Waals surface area contributed by atoms with Gasteiger partial charge in [0.2, 0.25) is 5.78 Å². The molecular weight excluding hydrogens is 254 g/mol. The summed E-state index contributed by atoms with van der Waals surface area (Å²) in [6.07, 6.45) is 0. The Hall–Kier alpha value is -1.32. The molecule has 1 aromatic heterocycles. The largest absolute Gasteiger partial charge is 0.398 e. The molecule has 1 aromatic carbocycles. The molecule has 0 amide bonds. The zero-order valence-corrected chi connectivity index (χ0v) is 11.2. The van der Waals surface area contributed by atoms with Crippen LogP contribution in [0.2, 0.25) is 5.02 Å². The van der Waals surface area contributed by atoms with Gasteiger partial charge in [-0.2, -0.15) is 0 Å². The van der Waals surface area contributed by atoms with Crippen LogP contribution in [0.4, 0.5) is 5.69 Å². The molecule has 17 heavy (non-hydrogen) atoms. The van der Waals surface area contributed by atoms with Gasteiger partial charge in [0.1, 0.15) is 0 Å². The summed E-state index contributed by atoms with van der Waals surface area (Å²) < 4.78 is 0. The van der Waals surface area contributed by atoms with Crippen LogP contribution in [0.15, 0.2) is 24.3 Å². The molecule has 0 aliphatic heterocycles. The Labute approximate surface area is 109 Å². The first-order valence-electron chi connectivity index (χ1n) is 5.16. The number of nitrogen functional groups attached to an aromatic ring is 1. The van der Waals surface area contributed by atoms with E-state index in [0.29, 0.717) is 16.3 Å². The van der Waals surface area contributed by atoms with Crippen molar-refractivity contribution in [3.8, 4) is 0 Å². The summed E-state index contributed by atoms with van der Waals surface area (Å²) in [7, 11) is 0. The molecule has 4 heteroatoms. The van der Waals surface area contributed by atoms with E-state index in [1.165, 1.54) is 11.3 Å². The maximum atomic E-state index is 12.3. The molecule has 0 radical (unpaired) electrons. The Kier molecular flexibility index (Phi) is 3.22. The van der Waals surface area contributed by atoms with Crippen molar-refractivity contribution in [2.45, 2.75) is 13.8 Å². The second-order valence-electron chi connectivity index (χ2n) is 3.93. The normalized spacial score (nSPS) is 10.5. The van der Waals surface area contributed by atoms with Crippen molar-refractivity contribution in [2.24, 2.45) is 0 Å². The van der Waals surface area contributed by atoms with E-state index >= 15 is 0 Å². The Morgan fingerprint density at radius 2 is 2.00 bits per heavy atom. The zero-order valence-electron chi connectivity index (χ0n) is 9.58. The fourth-order valence-corrected chi connectivity index (χ4v) is 2.89. The minimum atomic E-state index is -0.0326. The number of nitrogens with two attached hydrogens (primary N) is 1. The van der Waals surface area contributed by atoms with Gasteiger partial charge >= 0.3 is 0 Å². The highest BCUT2D eigenvalue weighted by Crippen LogP contribution is 2.27. The first-order valence-corrected chi connectivity index (χ1v) is 6.35. The van der Waals surface area contributed by atoms with E-state index in [9.17, 15) is 4.79 Å². The van der Waals surface area contributed by atoms with Crippen molar-refractivity contribution in [3.63, 3.8) is 0 Å². The number of carbonyl (C=O) groups is 1. The molecule has 0 fully saturated rings. The molecule has 0 bridgehead atoms. The van der Waals surface area contributed by atoms with Crippen LogP contribution in [-0.4, -0.2) is 5.78 Å². The SMILES string of the molecule is Cc1cc(C)c(C(=O)c2ccc(Cl)cc2N)s1. The quantitative estimate of drug-likeness (QED) is 0.662. The number of hydrogen-bond donors (Lipinski definition) is 1. The van der Waals surface area contributed by atoms with Crippen LogP contribution < -0.4 is 5.73 Å². The Balaban J connectivity index is 2.47. The van der Waals surface area contributed by atoms with Gasteiger partial charge in [-0.3, -0.25) is 4.79 Å². The van der Waals surface area contributed by atoms with Crippen molar-refractivity contribution in [1.29, 1.82) is 0 Å². The van der Waals surface area contributed by atoms with E-state index in [-0.39, 0.29) is 5.78 Å². The maximum absolute atomic E-state index is 12.3. The minimum absolute atomic E-state index is 0.0326. The number of aryl methyl sites for hydroxylation is 2. The van der Waals surface area contributed by atoms with Crippen LogP contribution >= 0.6 is 22.9 Å². The highest BCUT2D eigenvalue weighted by atomic mass is 35.5. The van der Waals surface area contributed by atoms with Crippen LogP contribution in [0.3, 0.4) is 0 Å². The van der Waals surface area contributed by atoms with Crippen molar-refractivity contribution in [3.05, 3.63) is 50.2 Å². The van der Waals surface area contributed by atoms with Crippen molar-refractivity contribution < 1.29 is 4.79 Å². The highest BCUT2D eigenvalue weighted by molar-refractivity contribution is 7.14. The van der Waals surface area contributed by atoms with Crippen LogP contribution in [0, 0.1) is 13.8 Å². The maximum Gasteiger partial charge on any atom is 0.205 e. The number of thiophene rings is 1. The Bertz CT molecular complexity index is 589. The molecule has 0 unspecified atom stereocenters. The van der Waals surface area contributed by atoms with E-state index in [4.69, 9.17) is 17.3 Å². The summed E-state index contributed by atoms with van der Waals surface area (Å²) in [5.41, 5.74) is 7.75. The molecule has 2 nitrogen and oxygen atoms in total. The summed E-state index contributed by atoms with van der Waals surface area (Å²) in [5.74, 6) is -0.0326. The molecule has 2 aromatic rings. The molecule has 0 saturated carbocycles. The number of anilines is 1. The molecule has 0 atom stereocenters. The molecule has 2 rings (SSSR count). The third-order valence-corrected chi connectivity index (χ3v) is 3.89. The molecule has 0 saturated heterocycles. The van der Waals surface area contributed by atoms with Crippen molar-refractivity contribution in [1.82, 2.24) is 0 Å². The van der Waals surface area contributed by atoms with Gasteiger partial charge in [0.15, 0.2) is 0 Å². The Morgan fingerprint density at radius 3 is 2.53 bits per heavy atom. The van der Waals surface area contributed by atoms with Crippen molar-refractivity contribution in [2.75, 3.05) is 5.73 Å². The second-order valence-corrected chi connectivity index (χ2v) is 5.62. The number of halogens is 1. The highest BCUT2D eigenvalue weighted by Gasteiger charge is 2.16. The lowest BCUT2D eigenvalue weighted by molar-refractivity contribution is 0.104. The van der Waals surface area contributed by atoms with Gasteiger partial charge in [-0.05, 0) is 43.7 Å². The van der Waals surface area contributed by atoms with Gasteiger partial charge < -0.3 is 5.73 Å². The molecule has 2 N–H and O–H groups in total. The van der Waals surface area contributed by atoms with Gasteiger partial charge in [-0.1, -0.05) is 11.6 Å². The average Bonchev–Trinajstić information content (AvgIpc) is 2.57. The average molecular weight is 266 g/mol. The van der Waals surface area contributed by atoms with E-state index in [0.717, 1.165) is 15.3 Å². The van der Waals surface area contributed by atoms with E-state index in [1.54, 1.807) is 18.2 Å². The lowest BCUT2D eigenvalue weighted by Crippen LogP contribution is -2.04. The van der Waals surface area contributed by atoms with Gasteiger partial charge in [0.25, 0.3) is 0 Å². The summed E-state index contributed by atoms with van der Waals surface area (Å²) >= 11 is 7.31. The number of carbonyl (C=O) groups excluding carboxylic acids is 1. The first-order chi connectivity index (χ1) is 7.99. The van der Waals surface area contributed by atoms with E-state index in [2.05, 4.69) is 0 Å². The van der Waals surface area contributed by atoms with E-state index < -0.39 is 0 Å². The van der Waals surface area contributed by atoms with E-state index in [1.807, 2.05) is 19.9 Å². The third-order valence-electron chi connectivity index (χ3n) is 2.51. The fourth-order valence-electron chi connectivity index (χ4n) is 1.73. The predicted octanol–water partition coefficient (Wildman–Crippen LogP) is 3.83. The van der Waals surface area contributed by atoms with Crippen LogP contribution in [0.1, 0.15) is 25.7 Å². The summed E-state index contributed by atoms with van der Waals surface area (Å²) in [6, 6.07) is 6.96. The molecule has 0 spiro atoms. The predicted molar refractivity (Wildman–Crippen MR) is 73.1 cm³/mol. The third kappa shape index (κ3) is 2.35. The molecule has 0 aliphatic rings. The summed E-state index contributed by atoms with van der Waals surface area (Å²) in [4.78, 5) is 14.2. The second kappa shape index (κ2) is 4.51. The number of hydrogen-bond acceptors (Lipinski definition) is 3. The number of ketones is 1. The Morgan fingerprint density at radius 1 is 1.29 bits per heavy atom. The van der Waals surface area contributed by atoms with Crippen LogP contribution in [0.5, 0.6) is 0 Å². The lowest BCUT2D eigenvalue weighted by Gasteiger charge is -2.04. The standard InChI is InChI=1S/C13H12ClNOS/c1-7-5-8(2)17-13(7)12(16)10-4-3-9(14)6-11(10)15/h3-6H,15H2,1-2H3. The van der Waals surface area contributed by atoms with Gasteiger partial charge in [0, 0.05) is 21.2 Å².